The van der Waals surface area contributed by atoms with Gasteiger partial charge in [0.1, 0.15) is 10.6 Å². The maximum atomic E-state index is 13.2. The fourth-order valence-electron chi connectivity index (χ4n) is 2.70. The largest absolute Gasteiger partial charge is 0.495 e. The summed E-state index contributed by atoms with van der Waals surface area (Å²) in [4.78, 5) is -0.191. The van der Waals surface area contributed by atoms with E-state index in [0.29, 0.717) is 5.56 Å². The van der Waals surface area contributed by atoms with Gasteiger partial charge in [-0.25, -0.2) is 16.8 Å². The SMILES string of the molecule is CCN(Cc1ccc(C(F)(F)F)cc1)S(=O)(=O)c1ccc(NS(=O)(=O)CC)cc1OC. The standard InChI is InChI=1S/C19H23F3N2O5S2/c1-4-24(13-14-6-8-15(9-7-14)19(20,21)22)31(27,28)18-11-10-16(12-17(18)29-3)23-30(25,26)5-2/h6-12,23H,4-5,13H2,1-3H3. The molecular weight excluding hydrogens is 457 g/mol. The van der Waals surface area contributed by atoms with Crippen molar-refractivity contribution in [2.24, 2.45) is 0 Å². The number of methoxy groups -OCH3 is 1. The second-order valence-corrected chi connectivity index (χ2v) is 10.4. The molecular formula is C19H23F3N2O5S2. The Hall–Kier alpha value is -2.31. The lowest BCUT2D eigenvalue weighted by Crippen LogP contribution is -2.30. The summed E-state index contributed by atoms with van der Waals surface area (Å²) in [6.45, 7) is 2.96. The van der Waals surface area contributed by atoms with Crippen molar-refractivity contribution in [2.75, 3.05) is 24.1 Å². The smallest absolute Gasteiger partial charge is 0.416 e. The quantitative estimate of drug-likeness (QED) is 0.591. The van der Waals surface area contributed by atoms with E-state index < -0.39 is 31.8 Å². The molecule has 0 spiro atoms. The van der Waals surface area contributed by atoms with Crippen LogP contribution in [0.25, 0.3) is 0 Å². The van der Waals surface area contributed by atoms with Gasteiger partial charge in [-0.15, -0.1) is 0 Å². The van der Waals surface area contributed by atoms with Crippen molar-refractivity contribution >= 4 is 25.7 Å². The van der Waals surface area contributed by atoms with Crippen molar-refractivity contribution < 1.29 is 34.7 Å². The average molecular weight is 481 g/mol. The Labute approximate surface area is 179 Å². The molecule has 172 valence electrons. The Kier molecular flexibility index (Phi) is 7.61. The maximum Gasteiger partial charge on any atom is 0.416 e. The van der Waals surface area contributed by atoms with Crippen LogP contribution in [0.1, 0.15) is 25.0 Å². The highest BCUT2D eigenvalue weighted by molar-refractivity contribution is 7.92. The van der Waals surface area contributed by atoms with Crippen LogP contribution >= 0.6 is 0 Å². The highest BCUT2D eigenvalue weighted by atomic mass is 32.2. The molecule has 31 heavy (non-hydrogen) atoms. The van der Waals surface area contributed by atoms with Crippen LogP contribution in [0.4, 0.5) is 18.9 Å². The zero-order chi connectivity index (χ0) is 23.4. The number of halogens is 3. The van der Waals surface area contributed by atoms with Gasteiger partial charge in [0.05, 0.1) is 24.1 Å². The average Bonchev–Trinajstić information content (AvgIpc) is 2.71. The summed E-state index contributed by atoms with van der Waals surface area (Å²) < 4.78 is 96.6. The molecule has 0 aliphatic carbocycles. The van der Waals surface area contributed by atoms with Crippen LogP contribution in [0, 0.1) is 0 Å². The van der Waals surface area contributed by atoms with E-state index in [1.165, 1.54) is 44.4 Å². The third kappa shape index (κ3) is 6.11. The summed E-state index contributed by atoms with van der Waals surface area (Å²) in [5.74, 6) is -0.228. The third-order valence-corrected chi connectivity index (χ3v) is 7.69. The lowest BCUT2D eigenvalue weighted by Gasteiger charge is -2.22. The van der Waals surface area contributed by atoms with Gasteiger partial charge in [-0.05, 0) is 36.8 Å². The van der Waals surface area contributed by atoms with E-state index in [9.17, 15) is 30.0 Å². The number of rotatable bonds is 9. The molecule has 1 N–H and O–H groups in total. The number of nitrogens with zero attached hydrogens (tertiary/aromatic N) is 1. The van der Waals surface area contributed by atoms with Crippen LogP contribution in [0.15, 0.2) is 47.4 Å². The molecule has 2 rings (SSSR count). The van der Waals surface area contributed by atoms with Crippen LogP contribution in [0.5, 0.6) is 5.75 Å². The molecule has 0 amide bonds. The minimum atomic E-state index is -4.48. The Morgan fingerprint density at radius 1 is 1.00 bits per heavy atom. The molecule has 0 saturated heterocycles. The molecule has 0 aliphatic rings. The van der Waals surface area contributed by atoms with Crippen LogP contribution in [0.2, 0.25) is 0 Å². The van der Waals surface area contributed by atoms with Crippen molar-refractivity contribution in [3.8, 4) is 5.75 Å². The normalized spacial score (nSPS) is 12.7. The Balaban J connectivity index is 2.35. The van der Waals surface area contributed by atoms with Crippen molar-refractivity contribution in [1.82, 2.24) is 4.31 Å². The van der Waals surface area contributed by atoms with Crippen LogP contribution in [-0.4, -0.2) is 40.5 Å². The first kappa shape index (κ1) is 25.0. The van der Waals surface area contributed by atoms with Crippen molar-refractivity contribution in [3.05, 3.63) is 53.6 Å². The van der Waals surface area contributed by atoms with E-state index in [4.69, 9.17) is 4.74 Å². The molecule has 0 radical (unpaired) electrons. The lowest BCUT2D eigenvalue weighted by molar-refractivity contribution is -0.137. The van der Waals surface area contributed by atoms with Crippen LogP contribution < -0.4 is 9.46 Å². The van der Waals surface area contributed by atoms with Gasteiger partial charge in [0.15, 0.2) is 0 Å². The summed E-state index contributed by atoms with van der Waals surface area (Å²) in [6.07, 6.45) is -4.48. The third-order valence-electron chi connectivity index (χ3n) is 4.43. The number of hydrogen-bond acceptors (Lipinski definition) is 5. The number of benzene rings is 2. The van der Waals surface area contributed by atoms with E-state index in [2.05, 4.69) is 4.72 Å². The summed E-state index contributed by atoms with van der Waals surface area (Å²) >= 11 is 0. The van der Waals surface area contributed by atoms with Gasteiger partial charge in [-0.1, -0.05) is 19.1 Å². The monoisotopic (exact) mass is 480 g/mol. The topological polar surface area (TPSA) is 92.8 Å². The van der Waals surface area contributed by atoms with Gasteiger partial charge in [-0.2, -0.15) is 17.5 Å². The number of anilines is 1. The Bertz CT molecular complexity index is 1120. The number of sulfonamides is 2. The van der Waals surface area contributed by atoms with E-state index in [-0.39, 0.29) is 35.2 Å². The molecule has 0 atom stereocenters. The van der Waals surface area contributed by atoms with Gasteiger partial charge < -0.3 is 4.74 Å². The first-order valence-electron chi connectivity index (χ1n) is 9.19. The molecule has 2 aromatic rings. The van der Waals surface area contributed by atoms with Gasteiger partial charge in [0.25, 0.3) is 0 Å². The molecule has 0 saturated carbocycles. The molecule has 0 heterocycles. The van der Waals surface area contributed by atoms with E-state index in [1.807, 2.05) is 0 Å². The Morgan fingerprint density at radius 3 is 2.10 bits per heavy atom. The predicted molar refractivity (Wildman–Crippen MR) is 111 cm³/mol. The molecule has 12 heteroatoms. The van der Waals surface area contributed by atoms with E-state index in [0.717, 1.165) is 16.4 Å². The highest BCUT2D eigenvalue weighted by Gasteiger charge is 2.31. The van der Waals surface area contributed by atoms with Crippen molar-refractivity contribution in [3.63, 3.8) is 0 Å². The first-order valence-corrected chi connectivity index (χ1v) is 12.3. The van der Waals surface area contributed by atoms with Crippen LogP contribution in [-0.2, 0) is 32.8 Å². The van der Waals surface area contributed by atoms with Crippen molar-refractivity contribution in [2.45, 2.75) is 31.5 Å². The number of nitrogens with one attached hydrogen (secondary N) is 1. The fraction of sp³-hybridized carbons (Fsp3) is 0.368. The van der Waals surface area contributed by atoms with Crippen molar-refractivity contribution in [1.29, 1.82) is 0 Å². The van der Waals surface area contributed by atoms with E-state index >= 15 is 0 Å². The second kappa shape index (κ2) is 9.45. The zero-order valence-electron chi connectivity index (χ0n) is 17.1. The fourth-order valence-corrected chi connectivity index (χ4v) is 4.91. The molecule has 0 aromatic heterocycles. The zero-order valence-corrected chi connectivity index (χ0v) is 18.7. The number of hydrogen-bond donors (Lipinski definition) is 1. The molecule has 0 unspecified atom stereocenters. The number of alkyl halides is 3. The highest BCUT2D eigenvalue weighted by Crippen LogP contribution is 2.32. The van der Waals surface area contributed by atoms with Crippen LogP contribution in [0.3, 0.4) is 0 Å². The second-order valence-electron chi connectivity index (χ2n) is 6.50. The van der Waals surface area contributed by atoms with Gasteiger partial charge in [-0.3, -0.25) is 4.72 Å². The van der Waals surface area contributed by atoms with Gasteiger partial charge in [0.2, 0.25) is 20.0 Å². The summed E-state index contributed by atoms with van der Waals surface area (Å²) in [7, 11) is -6.41. The molecule has 0 fully saturated rings. The van der Waals surface area contributed by atoms with Gasteiger partial charge >= 0.3 is 6.18 Å². The first-order chi connectivity index (χ1) is 14.3. The molecule has 0 aliphatic heterocycles. The molecule has 0 bridgehead atoms. The summed E-state index contributed by atoms with van der Waals surface area (Å²) in [5.41, 5.74) is -0.304. The van der Waals surface area contributed by atoms with Gasteiger partial charge in [0, 0.05) is 19.2 Å². The minimum Gasteiger partial charge on any atom is -0.495 e. The van der Waals surface area contributed by atoms with E-state index in [1.54, 1.807) is 6.92 Å². The Morgan fingerprint density at radius 2 is 1.61 bits per heavy atom. The maximum absolute atomic E-state index is 13.2. The molecule has 2 aromatic carbocycles. The molecule has 7 nitrogen and oxygen atoms in total. The lowest BCUT2D eigenvalue weighted by atomic mass is 10.1. The summed E-state index contributed by atoms with van der Waals surface area (Å²) in [6, 6.07) is 8.01. The minimum absolute atomic E-state index is 0.0523. The number of ether oxygens (including phenoxy) is 1. The summed E-state index contributed by atoms with van der Waals surface area (Å²) in [5, 5.41) is 0. The predicted octanol–water partition coefficient (Wildman–Crippen LogP) is 3.69.